The third kappa shape index (κ3) is 5.51. The van der Waals surface area contributed by atoms with E-state index < -0.39 is 11.8 Å². The Morgan fingerprint density at radius 3 is 2.79 bits per heavy atom. The second-order valence-corrected chi connectivity index (χ2v) is 8.89. The average molecular weight is 463 g/mol. The van der Waals surface area contributed by atoms with Gasteiger partial charge in [-0.1, -0.05) is 24.3 Å². The number of carbonyl (C=O) groups is 1. The maximum Gasteiger partial charge on any atom is 0.229 e. The van der Waals surface area contributed by atoms with Crippen molar-refractivity contribution in [3.8, 4) is 0 Å². The van der Waals surface area contributed by atoms with Gasteiger partial charge in [0.05, 0.1) is 5.92 Å². The van der Waals surface area contributed by atoms with Crippen LogP contribution in [0.5, 0.6) is 0 Å². The van der Waals surface area contributed by atoms with E-state index in [4.69, 9.17) is 10.7 Å². The highest BCUT2D eigenvalue weighted by Gasteiger charge is 2.28. The van der Waals surface area contributed by atoms with Gasteiger partial charge in [-0.15, -0.1) is 0 Å². The van der Waals surface area contributed by atoms with Crippen molar-refractivity contribution in [2.45, 2.75) is 24.8 Å². The molecule has 3 N–H and O–H groups in total. The molecule has 1 saturated heterocycles. The molecule has 1 amide bonds. The molecule has 8 heteroatoms. The topological polar surface area (TPSA) is 87.4 Å². The summed E-state index contributed by atoms with van der Waals surface area (Å²) < 4.78 is 13.6. The molecule has 34 heavy (non-hydrogen) atoms. The number of primary amides is 1. The van der Waals surface area contributed by atoms with E-state index in [2.05, 4.69) is 34.2 Å². The zero-order valence-corrected chi connectivity index (χ0v) is 19.6. The molecule has 2 aromatic heterocycles. The second kappa shape index (κ2) is 10.6. The molecule has 178 valence electrons. The number of benzene rings is 1. The molecule has 4 rings (SSSR count). The lowest BCUT2D eigenvalue weighted by atomic mass is 9.92. The summed E-state index contributed by atoms with van der Waals surface area (Å²) in [6.07, 6.45) is 5.00. The van der Waals surface area contributed by atoms with Crippen molar-refractivity contribution in [2.24, 2.45) is 5.73 Å². The van der Waals surface area contributed by atoms with Crippen molar-refractivity contribution in [3.05, 3.63) is 83.4 Å². The van der Waals surface area contributed by atoms with Crippen molar-refractivity contribution >= 4 is 17.5 Å². The molecule has 1 fully saturated rings. The summed E-state index contributed by atoms with van der Waals surface area (Å²) in [6.45, 7) is 2.34. The molecular formula is C26H31FN6O. The van der Waals surface area contributed by atoms with Crippen LogP contribution in [0.4, 0.5) is 16.0 Å². The third-order valence-corrected chi connectivity index (χ3v) is 6.34. The van der Waals surface area contributed by atoms with E-state index >= 15 is 0 Å². The van der Waals surface area contributed by atoms with Crippen LogP contribution in [0.3, 0.4) is 0 Å². The van der Waals surface area contributed by atoms with Crippen LogP contribution >= 0.6 is 0 Å². The number of likely N-dealkylation sites (N-methyl/N-ethyl adjacent to an activating group) is 1. The molecule has 1 unspecified atom stereocenters. The molecular weight excluding hydrogens is 431 g/mol. The maximum absolute atomic E-state index is 13.6. The van der Waals surface area contributed by atoms with Gasteiger partial charge in [-0.05, 0) is 62.3 Å². The highest BCUT2D eigenvalue weighted by Crippen LogP contribution is 2.32. The van der Waals surface area contributed by atoms with Gasteiger partial charge in [0.25, 0.3) is 0 Å². The van der Waals surface area contributed by atoms with Crippen LogP contribution in [0, 0.1) is 5.82 Å². The summed E-state index contributed by atoms with van der Waals surface area (Å²) in [6, 6.07) is 14.5. The molecule has 0 spiro atoms. The second-order valence-electron chi connectivity index (χ2n) is 8.89. The van der Waals surface area contributed by atoms with Crippen LogP contribution in [0.1, 0.15) is 29.0 Å². The Kier molecular flexibility index (Phi) is 7.37. The highest BCUT2D eigenvalue weighted by molar-refractivity contribution is 5.87. The Balaban J connectivity index is 1.63. The van der Waals surface area contributed by atoms with E-state index in [1.807, 2.05) is 24.3 Å². The average Bonchev–Trinajstić information content (AvgIpc) is 3.31. The minimum atomic E-state index is -0.681. The van der Waals surface area contributed by atoms with Gasteiger partial charge in [0.2, 0.25) is 5.91 Å². The third-order valence-electron chi connectivity index (χ3n) is 6.34. The molecule has 1 aliphatic heterocycles. The summed E-state index contributed by atoms with van der Waals surface area (Å²) in [7, 11) is 4.19. The van der Waals surface area contributed by atoms with E-state index in [0.29, 0.717) is 36.0 Å². The summed E-state index contributed by atoms with van der Waals surface area (Å²) in [4.78, 5) is 26.1. The number of rotatable bonds is 9. The minimum absolute atomic E-state index is 0.256. The lowest BCUT2D eigenvalue weighted by molar-refractivity contribution is -0.118. The molecule has 0 aliphatic carbocycles. The van der Waals surface area contributed by atoms with Gasteiger partial charge in [0, 0.05) is 43.6 Å². The summed E-state index contributed by atoms with van der Waals surface area (Å²) >= 11 is 0. The summed E-state index contributed by atoms with van der Waals surface area (Å²) in [5, 5.41) is 3.39. The monoisotopic (exact) mass is 462 g/mol. The van der Waals surface area contributed by atoms with E-state index in [-0.39, 0.29) is 5.82 Å². The number of anilines is 2. The van der Waals surface area contributed by atoms with Crippen LogP contribution in [-0.2, 0) is 11.2 Å². The number of amides is 1. The zero-order valence-electron chi connectivity index (χ0n) is 19.6. The van der Waals surface area contributed by atoms with Crippen LogP contribution in [0.15, 0.2) is 60.9 Å². The Morgan fingerprint density at radius 1 is 1.26 bits per heavy atom. The molecule has 3 aromatic rings. The Hall–Kier alpha value is -3.52. The summed E-state index contributed by atoms with van der Waals surface area (Å²) in [5.74, 6) is 0.0587. The highest BCUT2D eigenvalue weighted by atomic mass is 19.1. The first-order valence-electron chi connectivity index (χ1n) is 11.5. The SMILES string of the molecule is CN(C)[C@@H]1CCN(c2ccc(C(C(N)=O)c3cccnc3)c(NCCc3cccc(F)c3)n2)C1. The van der Waals surface area contributed by atoms with Gasteiger partial charge in [-0.2, -0.15) is 0 Å². The first-order chi connectivity index (χ1) is 16.4. The molecule has 1 aromatic carbocycles. The number of nitrogens with two attached hydrogens (primary N) is 1. The number of nitrogens with one attached hydrogen (secondary N) is 1. The van der Waals surface area contributed by atoms with Gasteiger partial charge >= 0.3 is 0 Å². The van der Waals surface area contributed by atoms with Crippen molar-refractivity contribution in [2.75, 3.05) is 43.9 Å². The maximum atomic E-state index is 13.6. The number of halogens is 1. The smallest absolute Gasteiger partial charge is 0.229 e. The van der Waals surface area contributed by atoms with Gasteiger partial charge < -0.3 is 20.9 Å². The minimum Gasteiger partial charge on any atom is -0.369 e. The molecule has 7 nitrogen and oxygen atoms in total. The van der Waals surface area contributed by atoms with Gasteiger partial charge in [-0.3, -0.25) is 9.78 Å². The fourth-order valence-electron chi connectivity index (χ4n) is 4.44. The molecule has 1 aliphatic rings. The first kappa shape index (κ1) is 23.6. The Morgan fingerprint density at radius 2 is 2.12 bits per heavy atom. The lowest BCUT2D eigenvalue weighted by Crippen LogP contribution is -2.32. The Labute approximate surface area is 199 Å². The number of aromatic nitrogens is 2. The number of hydrogen-bond donors (Lipinski definition) is 2. The van der Waals surface area contributed by atoms with E-state index in [1.54, 1.807) is 24.5 Å². The van der Waals surface area contributed by atoms with Crippen LogP contribution < -0.4 is 16.0 Å². The quantitative estimate of drug-likeness (QED) is 0.508. The zero-order chi connectivity index (χ0) is 24.1. The van der Waals surface area contributed by atoms with Crippen LogP contribution in [-0.4, -0.2) is 60.5 Å². The normalized spacial score (nSPS) is 16.6. The standard InChI is InChI=1S/C26H31FN6O/c1-32(2)21-11-14-33(17-21)23-9-8-22(24(25(28)34)19-6-4-12-29-16-19)26(31-23)30-13-10-18-5-3-7-20(27)15-18/h3-9,12,15-16,21,24H,10-11,13-14,17H2,1-2H3,(H2,28,34)(H,30,31)/t21-,24?/m1/s1. The molecule has 0 radical (unpaired) electrons. The predicted octanol–water partition coefficient (Wildman–Crippen LogP) is 3.03. The van der Waals surface area contributed by atoms with Crippen LogP contribution in [0.25, 0.3) is 0 Å². The van der Waals surface area contributed by atoms with E-state index in [9.17, 15) is 9.18 Å². The van der Waals surface area contributed by atoms with Crippen molar-refractivity contribution in [1.29, 1.82) is 0 Å². The number of hydrogen-bond acceptors (Lipinski definition) is 6. The van der Waals surface area contributed by atoms with Crippen LogP contribution in [0.2, 0.25) is 0 Å². The Bertz CT molecular complexity index is 1120. The number of carbonyl (C=O) groups excluding carboxylic acids is 1. The number of nitrogens with zero attached hydrogens (tertiary/aromatic N) is 4. The van der Waals surface area contributed by atoms with Crippen molar-refractivity contribution in [3.63, 3.8) is 0 Å². The number of pyridine rings is 2. The van der Waals surface area contributed by atoms with Crippen molar-refractivity contribution < 1.29 is 9.18 Å². The fraction of sp³-hybridized carbons (Fsp3) is 0.346. The first-order valence-corrected chi connectivity index (χ1v) is 11.5. The van der Waals surface area contributed by atoms with Crippen molar-refractivity contribution in [1.82, 2.24) is 14.9 Å². The van der Waals surface area contributed by atoms with E-state index in [0.717, 1.165) is 30.9 Å². The lowest BCUT2D eigenvalue weighted by Gasteiger charge is -2.24. The summed E-state index contributed by atoms with van der Waals surface area (Å²) in [5.41, 5.74) is 8.14. The molecule has 3 heterocycles. The van der Waals surface area contributed by atoms with E-state index in [1.165, 1.54) is 12.1 Å². The predicted molar refractivity (Wildman–Crippen MR) is 132 cm³/mol. The molecule has 0 bridgehead atoms. The fourth-order valence-corrected chi connectivity index (χ4v) is 4.44. The largest absolute Gasteiger partial charge is 0.369 e. The van der Waals surface area contributed by atoms with Gasteiger partial charge in [0.15, 0.2) is 0 Å². The van der Waals surface area contributed by atoms with Gasteiger partial charge in [-0.25, -0.2) is 9.37 Å². The molecule has 0 saturated carbocycles. The molecule has 2 atom stereocenters. The van der Waals surface area contributed by atoms with Gasteiger partial charge in [0.1, 0.15) is 17.5 Å².